The van der Waals surface area contributed by atoms with Crippen molar-refractivity contribution >= 4 is 45.7 Å². The van der Waals surface area contributed by atoms with Gasteiger partial charge in [-0.3, -0.25) is 10.1 Å². The zero-order valence-electron chi connectivity index (χ0n) is 17.7. The molecule has 32 heavy (non-hydrogen) atoms. The van der Waals surface area contributed by atoms with E-state index in [4.69, 9.17) is 11.6 Å². The number of carbonyl (C=O) groups excluding carboxylic acids is 1. The van der Waals surface area contributed by atoms with E-state index < -0.39 is 0 Å². The molecule has 168 valence electrons. The first kappa shape index (κ1) is 22.9. The summed E-state index contributed by atoms with van der Waals surface area (Å²) in [5.41, 5.74) is 1.09. The highest BCUT2D eigenvalue weighted by molar-refractivity contribution is 7.99. The molecule has 3 aromatic rings. The summed E-state index contributed by atoms with van der Waals surface area (Å²) in [5, 5.41) is 22.9. The molecule has 1 saturated carbocycles. The Labute approximate surface area is 200 Å². The molecule has 0 spiro atoms. The number of benzene rings is 1. The summed E-state index contributed by atoms with van der Waals surface area (Å²) < 4.78 is 1.98. The summed E-state index contributed by atoms with van der Waals surface area (Å²) in [5.74, 6) is 1.39. The summed E-state index contributed by atoms with van der Waals surface area (Å²) in [6, 6.07) is 7.66. The van der Waals surface area contributed by atoms with Gasteiger partial charge in [-0.2, -0.15) is 0 Å². The summed E-state index contributed by atoms with van der Waals surface area (Å²) in [4.78, 5) is 12.5. The molecule has 0 saturated heterocycles. The van der Waals surface area contributed by atoms with Crippen molar-refractivity contribution in [3.05, 3.63) is 58.3 Å². The van der Waals surface area contributed by atoms with Crippen molar-refractivity contribution in [2.45, 2.75) is 56.1 Å². The van der Waals surface area contributed by atoms with Crippen molar-refractivity contribution in [1.82, 2.24) is 25.0 Å². The third-order valence-corrected chi connectivity index (χ3v) is 7.57. The van der Waals surface area contributed by atoms with Crippen LogP contribution in [0.5, 0.6) is 0 Å². The first-order valence-corrected chi connectivity index (χ1v) is 12.8. The van der Waals surface area contributed by atoms with Crippen LogP contribution in [0.15, 0.2) is 42.1 Å². The summed E-state index contributed by atoms with van der Waals surface area (Å²) in [6.45, 7) is 4.40. The summed E-state index contributed by atoms with van der Waals surface area (Å²) in [6.07, 6.45) is 8.54. The number of hydrogen-bond acceptors (Lipinski definition) is 7. The number of allylic oxidation sites excluding steroid dienone is 1. The van der Waals surface area contributed by atoms with Crippen molar-refractivity contribution in [3.8, 4) is 0 Å². The average molecular weight is 489 g/mol. The van der Waals surface area contributed by atoms with E-state index in [0.29, 0.717) is 34.2 Å². The number of hydrogen-bond donors (Lipinski definition) is 1. The summed E-state index contributed by atoms with van der Waals surface area (Å²) in [7, 11) is 0. The third kappa shape index (κ3) is 5.96. The molecule has 10 heteroatoms. The molecule has 1 aromatic carbocycles. The van der Waals surface area contributed by atoms with E-state index in [2.05, 4.69) is 32.3 Å². The van der Waals surface area contributed by atoms with Gasteiger partial charge in [0.15, 0.2) is 5.16 Å². The van der Waals surface area contributed by atoms with E-state index in [0.717, 1.165) is 29.2 Å². The predicted octanol–water partition coefficient (Wildman–Crippen LogP) is 5.34. The van der Waals surface area contributed by atoms with Crippen LogP contribution in [0, 0.1) is 0 Å². The SMILES string of the molecule is C=CCn1c(Cc2ccc(Cl)cc2)nnc1SCC(=O)Nc1nnc(C2CCCCC2)s1. The fourth-order valence-corrected chi connectivity index (χ4v) is 5.56. The molecule has 1 aliphatic rings. The Hall–Kier alpha value is -2.23. The Morgan fingerprint density at radius 1 is 1.19 bits per heavy atom. The number of thioether (sulfide) groups is 1. The average Bonchev–Trinajstić information content (AvgIpc) is 3.42. The fraction of sp³-hybridized carbons (Fsp3) is 0.409. The van der Waals surface area contributed by atoms with Crippen molar-refractivity contribution in [2.24, 2.45) is 0 Å². The maximum absolute atomic E-state index is 12.5. The zero-order chi connectivity index (χ0) is 22.3. The monoisotopic (exact) mass is 488 g/mol. The summed E-state index contributed by atoms with van der Waals surface area (Å²) >= 11 is 8.81. The normalized spacial score (nSPS) is 14.4. The highest BCUT2D eigenvalue weighted by atomic mass is 35.5. The van der Waals surface area contributed by atoms with Crippen LogP contribution >= 0.6 is 34.7 Å². The minimum absolute atomic E-state index is 0.131. The fourth-order valence-electron chi connectivity index (χ4n) is 3.74. The second-order valence-corrected chi connectivity index (χ2v) is 10.1. The van der Waals surface area contributed by atoms with Gasteiger partial charge >= 0.3 is 0 Å². The van der Waals surface area contributed by atoms with Gasteiger partial charge < -0.3 is 4.57 Å². The van der Waals surface area contributed by atoms with Crippen LogP contribution in [0.25, 0.3) is 0 Å². The van der Waals surface area contributed by atoms with Crippen LogP contribution in [0.2, 0.25) is 5.02 Å². The minimum atomic E-state index is -0.131. The Balaban J connectivity index is 1.35. The Bertz CT molecular complexity index is 1060. The molecule has 0 bridgehead atoms. The molecule has 0 unspecified atom stereocenters. The second kappa shape index (κ2) is 11.1. The van der Waals surface area contributed by atoms with Gasteiger partial charge in [-0.05, 0) is 30.5 Å². The molecule has 0 aliphatic heterocycles. The molecule has 1 fully saturated rings. The first-order chi connectivity index (χ1) is 15.6. The van der Waals surface area contributed by atoms with Gasteiger partial charge in [0.2, 0.25) is 11.0 Å². The van der Waals surface area contributed by atoms with E-state index in [1.54, 1.807) is 6.08 Å². The van der Waals surface area contributed by atoms with Gasteiger partial charge in [0.1, 0.15) is 10.8 Å². The molecule has 0 radical (unpaired) electrons. The standard InChI is InChI=1S/C22H25ClN6OS2/c1-2-12-29-18(13-15-8-10-17(23)11-9-15)25-28-22(29)31-14-19(30)24-21-27-26-20(32-21)16-6-4-3-5-7-16/h2,8-11,16H,1,3-7,12-14H2,(H,24,27,30). The van der Waals surface area contributed by atoms with Gasteiger partial charge in [-0.1, -0.05) is 72.2 Å². The van der Waals surface area contributed by atoms with Crippen LogP contribution in [-0.4, -0.2) is 36.6 Å². The lowest BCUT2D eigenvalue weighted by Crippen LogP contribution is -2.14. The van der Waals surface area contributed by atoms with E-state index >= 15 is 0 Å². The Morgan fingerprint density at radius 3 is 2.72 bits per heavy atom. The smallest absolute Gasteiger partial charge is 0.236 e. The highest BCUT2D eigenvalue weighted by Gasteiger charge is 2.20. The van der Waals surface area contributed by atoms with Crippen LogP contribution < -0.4 is 5.32 Å². The Morgan fingerprint density at radius 2 is 1.97 bits per heavy atom. The molecule has 7 nitrogen and oxygen atoms in total. The van der Waals surface area contributed by atoms with Gasteiger partial charge in [-0.15, -0.1) is 27.0 Å². The lowest BCUT2D eigenvalue weighted by atomic mass is 9.90. The van der Waals surface area contributed by atoms with Crippen molar-refractivity contribution in [2.75, 3.05) is 11.1 Å². The van der Waals surface area contributed by atoms with Gasteiger partial charge in [0, 0.05) is 23.9 Å². The number of nitrogens with zero attached hydrogens (tertiary/aromatic N) is 5. The molecule has 4 rings (SSSR count). The molecule has 0 atom stereocenters. The molecule has 1 N–H and O–H groups in total. The van der Waals surface area contributed by atoms with E-state index in [9.17, 15) is 4.79 Å². The quantitative estimate of drug-likeness (QED) is 0.323. The number of amides is 1. The largest absolute Gasteiger partial charge is 0.302 e. The van der Waals surface area contributed by atoms with Gasteiger partial charge in [-0.25, -0.2) is 0 Å². The number of rotatable bonds is 9. The Kier molecular flexibility index (Phi) is 7.94. The maximum atomic E-state index is 12.5. The van der Waals surface area contributed by atoms with E-state index in [1.165, 1.54) is 42.4 Å². The molecule has 1 aliphatic carbocycles. The predicted molar refractivity (Wildman–Crippen MR) is 130 cm³/mol. The number of nitrogens with one attached hydrogen (secondary N) is 1. The van der Waals surface area contributed by atoms with Crippen molar-refractivity contribution < 1.29 is 4.79 Å². The van der Waals surface area contributed by atoms with E-state index in [-0.39, 0.29) is 11.7 Å². The lowest BCUT2D eigenvalue weighted by Gasteiger charge is -2.18. The van der Waals surface area contributed by atoms with E-state index in [1.807, 2.05) is 28.8 Å². The van der Waals surface area contributed by atoms with Crippen LogP contribution in [0.4, 0.5) is 5.13 Å². The van der Waals surface area contributed by atoms with Crippen molar-refractivity contribution in [3.63, 3.8) is 0 Å². The van der Waals surface area contributed by atoms with Crippen molar-refractivity contribution in [1.29, 1.82) is 0 Å². The lowest BCUT2D eigenvalue weighted by molar-refractivity contribution is -0.113. The van der Waals surface area contributed by atoms with Gasteiger partial charge in [0.05, 0.1) is 5.75 Å². The van der Waals surface area contributed by atoms with Crippen LogP contribution in [0.3, 0.4) is 0 Å². The van der Waals surface area contributed by atoms with Gasteiger partial charge in [0.25, 0.3) is 0 Å². The third-order valence-electron chi connectivity index (χ3n) is 5.35. The number of halogens is 1. The molecule has 1 amide bonds. The van der Waals surface area contributed by atoms with Crippen LogP contribution in [0.1, 0.15) is 54.4 Å². The molecule has 2 heterocycles. The number of aromatic nitrogens is 5. The number of carbonyl (C=O) groups is 1. The molecular formula is C22H25ClN6OS2. The molecular weight excluding hydrogens is 464 g/mol. The maximum Gasteiger partial charge on any atom is 0.236 e. The van der Waals surface area contributed by atoms with Crippen LogP contribution in [-0.2, 0) is 17.8 Å². The molecule has 2 aromatic heterocycles. The zero-order valence-corrected chi connectivity index (χ0v) is 20.1. The minimum Gasteiger partial charge on any atom is -0.302 e. The second-order valence-electron chi connectivity index (χ2n) is 7.72. The highest BCUT2D eigenvalue weighted by Crippen LogP contribution is 2.35. The topological polar surface area (TPSA) is 85.6 Å². The number of anilines is 1. The first-order valence-electron chi connectivity index (χ1n) is 10.7.